The Labute approximate surface area is 110 Å². The van der Waals surface area contributed by atoms with E-state index < -0.39 is 12.1 Å². The second-order valence-electron chi connectivity index (χ2n) is 4.16. The molecule has 102 valence electrons. The molecule has 1 unspecified atom stereocenters. The van der Waals surface area contributed by atoms with E-state index in [9.17, 15) is 9.59 Å². The summed E-state index contributed by atoms with van der Waals surface area (Å²) in [5.74, 6) is -1.05. The van der Waals surface area contributed by atoms with Gasteiger partial charge in [0.05, 0.1) is 13.2 Å². The summed E-state index contributed by atoms with van der Waals surface area (Å²) < 4.78 is 5.05. The normalized spacial score (nSPS) is 18.9. The number of carboxylic acids is 1. The van der Waals surface area contributed by atoms with Gasteiger partial charge in [0, 0.05) is 25.5 Å². The number of ether oxygens (including phenoxy) is 1. The van der Waals surface area contributed by atoms with Crippen LogP contribution in [-0.4, -0.2) is 52.8 Å². The summed E-state index contributed by atoms with van der Waals surface area (Å²) in [6.45, 7) is 1.08. The van der Waals surface area contributed by atoms with E-state index in [0.717, 1.165) is 5.56 Å². The molecule has 0 aliphatic carbocycles. The summed E-state index contributed by atoms with van der Waals surface area (Å²) >= 11 is 0. The first-order chi connectivity index (χ1) is 9.16. The van der Waals surface area contributed by atoms with E-state index in [4.69, 9.17) is 9.84 Å². The molecule has 2 heterocycles. The van der Waals surface area contributed by atoms with Crippen LogP contribution in [0.1, 0.15) is 5.56 Å². The molecule has 1 aromatic rings. The molecule has 1 fully saturated rings. The van der Waals surface area contributed by atoms with Crippen molar-refractivity contribution in [1.29, 1.82) is 0 Å². The summed E-state index contributed by atoms with van der Waals surface area (Å²) in [5.41, 5.74) is 0.936. The molecule has 7 heteroatoms. The zero-order valence-electron chi connectivity index (χ0n) is 10.3. The van der Waals surface area contributed by atoms with Gasteiger partial charge in [-0.3, -0.25) is 4.98 Å². The lowest BCUT2D eigenvalue weighted by atomic mass is 10.2. The van der Waals surface area contributed by atoms with Crippen LogP contribution in [0.15, 0.2) is 24.5 Å². The number of nitrogens with one attached hydrogen (secondary N) is 1. The quantitative estimate of drug-likeness (QED) is 0.807. The molecule has 2 N–H and O–H groups in total. The fraction of sp³-hybridized carbons (Fsp3) is 0.417. The smallest absolute Gasteiger partial charge is 0.334 e. The number of rotatable bonds is 3. The van der Waals surface area contributed by atoms with Crippen LogP contribution >= 0.6 is 0 Å². The summed E-state index contributed by atoms with van der Waals surface area (Å²) in [6, 6.07) is 3.32. The van der Waals surface area contributed by atoms with Gasteiger partial charge in [-0.1, -0.05) is 0 Å². The highest BCUT2D eigenvalue weighted by atomic mass is 16.5. The standard InChI is InChI=1S/C12H15N3O4/c16-11(17)10-8-15(5-6-19-10)12(18)14-7-9-1-3-13-4-2-9/h1-4,10H,5-8H2,(H,14,18)(H,16,17). The summed E-state index contributed by atoms with van der Waals surface area (Å²) in [6.07, 6.45) is 2.35. The minimum atomic E-state index is -1.05. The Bertz CT molecular complexity index is 452. The number of hydrogen-bond donors (Lipinski definition) is 2. The van der Waals surface area contributed by atoms with E-state index >= 15 is 0 Å². The minimum Gasteiger partial charge on any atom is -0.479 e. The van der Waals surface area contributed by atoms with Gasteiger partial charge in [-0.2, -0.15) is 0 Å². The molecule has 0 spiro atoms. The molecule has 0 bridgehead atoms. The van der Waals surface area contributed by atoms with Crippen LogP contribution in [0, 0.1) is 0 Å². The molecule has 0 aromatic carbocycles. The van der Waals surface area contributed by atoms with Gasteiger partial charge >= 0.3 is 12.0 Å². The number of aromatic nitrogens is 1. The lowest BCUT2D eigenvalue weighted by Gasteiger charge is -2.30. The molecule has 1 aliphatic heterocycles. The Morgan fingerprint density at radius 2 is 2.21 bits per heavy atom. The van der Waals surface area contributed by atoms with Crippen LogP contribution in [0.3, 0.4) is 0 Å². The van der Waals surface area contributed by atoms with Crippen molar-refractivity contribution >= 4 is 12.0 Å². The molecule has 1 atom stereocenters. The second kappa shape index (κ2) is 6.14. The molecule has 1 aromatic heterocycles. The fourth-order valence-electron chi connectivity index (χ4n) is 1.77. The number of aliphatic carboxylic acids is 1. The zero-order valence-corrected chi connectivity index (χ0v) is 10.3. The van der Waals surface area contributed by atoms with Crippen LogP contribution in [0.2, 0.25) is 0 Å². The maximum atomic E-state index is 11.9. The highest BCUT2D eigenvalue weighted by Gasteiger charge is 2.28. The zero-order chi connectivity index (χ0) is 13.7. The van der Waals surface area contributed by atoms with Crippen molar-refractivity contribution in [3.8, 4) is 0 Å². The third-order valence-electron chi connectivity index (χ3n) is 2.82. The third kappa shape index (κ3) is 3.65. The molecule has 2 amide bonds. The lowest BCUT2D eigenvalue weighted by Crippen LogP contribution is -2.51. The number of carbonyl (C=O) groups excluding carboxylic acids is 1. The first kappa shape index (κ1) is 13.3. The van der Waals surface area contributed by atoms with Crippen molar-refractivity contribution in [3.63, 3.8) is 0 Å². The number of carboxylic acid groups (broad SMARTS) is 1. The minimum absolute atomic E-state index is 0.0670. The number of hydrogen-bond acceptors (Lipinski definition) is 4. The first-order valence-electron chi connectivity index (χ1n) is 5.93. The predicted molar refractivity (Wildman–Crippen MR) is 65.4 cm³/mol. The van der Waals surface area contributed by atoms with Crippen LogP contribution in [-0.2, 0) is 16.1 Å². The van der Waals surface area contributed by atoms with E-state index in [0.29, 0.717) is 13.1 Å². The van der Waals surface area contributed by atoms with Crippen LogP contribution in [0.25, 0.3) is 0 Å². The molecule has 1 saturated heterocycles. The highest BCUT2D eigenvalue weighted by Crippen LogP contribution is 2.06. The van der Waals surface area contributed by atoms with Gasteiger partial charge in [0.2, 0.25) is 0 Å². The van der Waals surface area contributed by atoms with Gasteiger partial charge in [0.1, 0.15) is 0 Å². The molecule has 1 aliphatic rings. The molecule has 0 radical (unpaired) electrons. The summed E-state index contributed by atoms with van der Waals surface area (Å²) in [4.78, 5) is 28.0. The Balaban J connectivity index is 1.84. The monoisotopic (exact) mass is 265 g/mol. The van der Waals surface area contributed by atoms with Crippen molar-refractivity contribution in [3.05, 3.63) is 30.1 Å². The fourth-order valence-corrected chi connectivity index (χ4v) is 1.77. The van der Waals surface area contributed by atoms with Gasteiger partial charge in [-0.15, -0.1) is 0 Å². The van der Waals surface area contributed by atoms with Crippen molar-refractivity contribution in [1.82, 2.24) is 15.2 Å². The second-order valence-corrected chi connectivity index (χ2v) is 4.16. The number of urea groups is 1. The number of amides is 2. The van der Waals surface area contributed by atoms with E-state index in [2.05, 4.69) is 10.3 Å². The van der Waals surface area contributed by atoms with Crippen molar-refractivity contribution in [2.24, 2.45) is 0 Å². The number of morpholine rings is 1. The molecular weight excluding hydrogens is 250 g/mol. The maximum Gasteiger partial charge on any atom is 0.334 e. The SMILES string of the molecule is O=C(O)C1CN(C(=O)NCc2ccncc2)CCO1. The Morgan fingerprint density at radius 3 is 2.89 bits per heavy atom. The summed E-state index contributed by atoms with van der Waals surface area (Å²) in [7, 11) is 0. The van der Waals surface area contributed by atoms with Gasteiger partial charge in [0.25, 0.3) is 0 Å². The molecule has 19 heavy (non-hydrogen) atoms. The van der Waals surface area contributed by atoms with Gasteiger partial charge < -0.3 is 20.1 Å². The summed E-state index contributed by atoms with van der Waals surface area (Å²) in [5, 5.41) is 11.6. The lowest BCUT2D eigenvalue weighted by molar-refractivity contribution is -0.154. The van der Waals surface area contributed by atoms with Crippen LogP contribution in [0.4, 0.5) is 4.79 Å². The molecule has 0 saturated carbocycles. The number of carbonyl (C=O) groups is 2. The van der Waals surface area contributed by atoms with Gasteiger partial charge in [-0.05, 0) is 17.7 Å². The van der Waals surface area contributed by atoms with Crippen molar-refractivity contribution in [2.75, 3.05) is 19.7 Å². The Morgan fingerprint density at radius 1 is 1.47 bits per heavy atom. The average molecular weight is 265 g/mol. The molecule has 7 nitrogen and oxygen atoms in total. The van der Waals surface area contributed by atoms with Gasteiger partial charge in [0.15, 0.2) is 6.10 Å². The first-order valence-corrected chi connectivity index (χ1v) is 5.93. The van der Waals surface area contributed by atoms with E-state index in [1.165, 1.54) is 4.90 Å². The number of nitrogens with zero attached hydrogens (tertiary/aromatic N) is 2. The van der Waals surface area contributed by atoms with Crippen LogP contribution < -0.4 is 5.32 Å². The average Bonchev–Trinajstić information content (AvgIpc) is 2.46. The maximum absolute atomic E-state index is 11.9. The molecule has 2 rings (SSSR count). The van der Waals surface area contributed by atoms with Crippen molar-refractivity contribution < 1.29 is 19.4 Å². The Kier molecular flexibility index (Phi) is 4.30. The van der Waals surface area contributed by atoms with Crippen molar-refractivity contribution in [2.45, 2.75) is 12.6 Å². The number of pyridine rings is 1. The van der Waals surface area contributed by atoms with E-state index in [-0.39, 0.29) is 19.2 Å². The van der Waals surface area contributed by atoms with Gasteiger partial charge in [-0.25, -0.2) is 9.59 Å². The molecular formula is C12H15N3O4. The third-order valence-corrected chi connectivity index (χ3v) is 2.82. The highest BCUT2D eigenvalue weighted by molar-refractivity contribution is 5.77. The topological polar surface area (TPSA) is 91.8 Å². The largest absolute Gasteiger partial charge is 0.479 e. The van der Waals surface area contributed by atoms with Crippen LogP contribution in [0.5, 0.6) is 0 Å². The van der Waals surface area contributed by atoms with E-state index in [1.807, 2.05) is 0 Å². The predicted octanol–water partition coefficient (Wildman–Crippen LogP) is 0.0766. The Hall–Kier alpha value is -2.15. The van der Waals surface area contributed by atoms with E-state index in [1.54, 1.807) is 24.5 Å².